The maximum absolute atomic E-state index is 13.9. The Kier molecular flexibility index (Phi) is 4.88. The third kappa shape index (κ3) is 3.51. The minimum absolute atomic E-state index is 0.175. The number of hydrogen-bond acceptors (Lipinski definition) is 3. The molecule has 0 spiro atoms. The average Bonchev–Trinajstić information content (AvgIpc) is 2.60. The zero-order chi connectivity index (χ0) is 18.8. The number of dihydropyridines is 1. The van der Waals surface area contributed by atoms with Crippen LogP contribution in [-0.4, -0.2) is 11.8 Å². The molecule has 0 unspecified atom stereocenters. The number of halogens is 2. The summed E-state index contributed by atoms with van der Waals surface area (Å²) in [7, 11) is 0. The van der Waals surface area contributed by atoms with Gasteiger partial charge in [-0.3, -0.25) is 9.59 Å². The van der Waals surface area contributed by atoms with Crippen LogP contribution in [0.25, 0.3) is 0 Å². The molecule has 1 aromatic carbocycles. The highest BCUT2D eigenvalue weighted by Crippen LogP contribution is 2.27. The molecule has 1 radical (unpaired) electrons. The van der Waals surface area contributed by atoms with Crippen molar-refractivity contribution in [1.82, 2.24) is 16.0 Å². The Labute approximate surface area is 149 Å². The summed E-state index contributed by atoms with van der Waals surface area (Å²) in [6.07, 6.45) is 6.78. The third-order valence-corrected chi connectivity index (χ3v) is 4.37. The van der Waals surface area contributed by atoms with Crippen LogP contribution in [0.15, 0.2) is 53.9 Å². The van der Waals surface area contributed by atoms with Gasteiger partial charge in [-0.15, -0.1) is 0 Å². The van der Waals surface area contributed by atoms with Crippen molar-refractivity contribution in [2.45, 2.75) is 19.9 Å². The Morgan fingerprint density at radius 2 is 2.00 bits per heavy atom. The van der Waals surface area contributed by atoms with Crippen molar-refractivity contribution in [1.29, 1.82) is 0 Å². The molecule has 1 aromatic rings. The Morgan fingerprint density at radius 3 is 2.73 bits per heavy atom. The summed E-state index contributed by atoms with van der Waals surface area (Å²) in [5, 5.41) is 8.33. The first-order valence-corrected chi connectivity index (χ1v) is 8.15. The van der Waals surface area contributed by atoms with Gasteiger partial charge < -0.3 is 16.0 Å². The fourth-order valence-corrected chi connectivity index (χ4v) is 2.84. The predicted octanol–water partition coefficient (Wildman–Crippen LogP) is 2.37. The average molecular weight is 358 g/mol. The Morgan fingerprint density at radius 1 is 1.23 bits per heavy atom. The monoisotopic (exact) mass is 358 g/mol. The normalized spacial score (nSPS) is 18.7. The Hall–Kier alpha value is -2.96. The summed E-state index contributed by atoms with van der Waals surface area (Å²) in [5.41, 5.74) is 1.25. The fraction of sp³-hybridized carbons (Fsp3) is 0.211. The van der Waals surface area contributed by atoms with Gasteiger partial charge in [0, 0.05) is 29.0 Å². The van der Waals surface area contributed by atoms with Crippen molar-refractivity contribution in [3.8, 4) is 0 Å². The predicted molar refractivity (Wildman–Crippen MR) is 91.9 cm³/mol. The van der Waals surface area contributed by atoms with Crippen LogP contribution in [0.4, 0.5) is 8.78 Å². The molecular formula is C19H18F2N3O2. The van der Waals surface area contributed by atoms with Crippen molar-refractivity contribution < 1.29 is 18.4 Å². The van der Waals surface area contributed by atoms with E-state index in [-0.39, 0.29) is 11.5 Å². The molecular weight excluding hydrogens is 340 g/mol. The van der Waals surface area contributed by atoms with Crippen molar-refractivity contribution in [2.75, 3.05) is 0 Å². The fourth-order valence-electron chi connectivity index (χ4n) is 2.84. The van der Waals surface area contributed by atoms with Gasteiger partial charge in [0.2, 0.25) is 11.8 Å². The summed E-state index contributed by atoms with van der Waals surface area (Å²) < 4.78 is 26.9. The summed E-state index contributed by atoms with van der Waals surface area (Å²) in [5.74, 6) is -2.94. The van der Waals surface area contributed by atoms with Crippen LogP contribution in [0.3, 0.4) is 0 Å². The smallest absolute Gasteiger partial charge is 0.249 e. The molecule has 0 saturated heterocycles. The van der Waals surface area contributed by atoms with Crippen LogP contribution in [0, 0.1) is 23.6 Å². The van der Waals surface area contributed by atoms with Gasteiger partial charge in [-0.05, 0) is 38.3 Å². The van der Waals surface area contributed by atoms with Gasteiger partial charge in [-0.2, -0.15) is 0 Å². The van der Waals surface area contributed by atoms with Gasteiger partial charge >= 0.3 is 0 Å². The van der Waals surface area contributed by atoms with Crippen LogP contribution in [-0.2, 0) is 9.59 Å². The minimum Gasteiger partial charge on any atom is -0.367 e. The second kappa shape index (κ2) is 7.11. The van der Waals surface area contributed by atoms with Gasteiger partial charge in [-0.25, -0.2) is 8.78 Å². The molecule has 2 amide bonds. The van der Waals surface area contributed by atoms with Crippen molar-refractivity contribution in [3.63, 3.8) is 0 Å². The van der Waals surface area contributed by atoms with Gasteiger partial charge in [0.25, 0.3) is 0 Å². The van der Waals surface area contributed by atoms with Crippen molar-refractivity contribution in [3.05, 3.63) is 77.1 Å². The van der Waals surface area contributed by atoms with E-state index in [1.165, 1.54) is 6.07 Å². The highest BCUT2D eigenvalue weighted by atomic mass is 19.1. The Balaban J connectivity index is 1.74. The molecule has 2 heterocycles. The number of fused-ring (bicyclic) bond motifs is 1. The van der Waals surface area contributed by atoms with Crippen LogP contribution in [0.2, 0.25) is 0 Å². The molecule has 2 atom stereocenters. The number of benzene rings is 1. The van der Waals surface area contributed by atoms with Crippen LogP contribution < -0.4 is 16.0 Å². The molecule has 2 aliphatic heterocycles. The van der Waals surface area contributed by atoms with Crippen molar-refractivity contribution in [2.24, 2.45) is 5.92 Å². The zero-order valence-corrected chi connectivity index (χ0v) is 14.3. The van der Waals surface area contributed by atoms with Gasteiger partial charge in [0.05, 0.1) is 12.0 Å². The third-order valence-electron chi connectivity index (χ3n) is 4.37. The number of rotatable bonds is 4. The SMILES string of the molecule is C[C@@H](C(=O)N[C@@H](C)c1ccc(F)cc1F)C1=CC2=CNC=C[C]2NC1=O. The molecule has 0 aromatic heterocycles. The topological polar surface area (TPSA) is 70.2 Å². The number of hydrogen-bond donors (Lipinski definition) is 3. The zero-order valence-electron chi connectivity index (χ0n) is 14.3. The van der Waals surface area contributed by atoms with E-state index >= 15 is 0 Å². The second-order valence-electron chi connectivity index (χ2n) is 6.18. The largest absolute Gasteiger partial charge is 0.367 e. The lowest BCUT2D eigenvalue weighted by Gasteiger charge is -2.27. The second-order valence-corrected chi connectivity index (χ2v) is 6.18. The van der Waals surface area contributed by atoms with Gasteiger partial charge in [-0.1, -0.05) is 6.07 Å². The summed E-state index contributed by atoms with van der Waals surface area (Å²) in [4.78, 5) is 24.8. The van der Waals surface area contributed by atoms with Gasteiger partial charge in [0.15, 0.2) is 0 Å². The van der Waals surface area contributed by atoms with Gasteiger partial charge in [0.1, 0.15) is 17.7 Å². The highest BCUT2D eigenvalue weighted by molar-refractivity contribution is 6.03. The first-order valence-electron chi connectivity index (χ1n) is 8.15. The number of amides is 2. The maximum atomic E-state index is 13.9. The molecule has 0 saturated carbocycles. The summed E-state index contributed by atoms with van der Waals surface area (Å²) in [6.45, 7) is 3.20. The van der Waals surface area contributed by atoms with Crippen LogP contribution in [0.5, 0.6) is 0 Å². The molecule has 3 N–H and O–H groups in total. The van der Waals surface area contributed by atoms with E-state index in [0.29, 0.717) is 11.6 Å². The first-order chi connectivity index (χ1) is 12.4. The molecule has 0 aliphatic carbocycles. The van der Waals surface area contributed by atoms with Crippen molar-refractivity contribution >= 4 is 11.8 Å². The van der Waals surface area contributed by atoms with Crippen LogP contribution >= 0.6 is 0 Å². The molecule has 2 aliphatic rings. The molecule has 5 nitrogen and oxygen atoms in total. The number of nitrogens with one attached hydrogen (secondary N) is 3. The highest BCUT2D eigenvalue weighted by Gasteiger charge is 2.31. The van der Waals surface area contributed by atoms with E-state index < -0.39 is 29.5 Å². The Bertz CT molecular complexity index is 845. The van der Waals surface area contributed by atoms with E-state index in [1.807, 2.05) is 0 Å². The van der Waals surface area contributed by atoms with E-state index in [0.717, 1.165) is 17.7 Å². The van der Waals surface area contributed by atoms with Crippen LogP contribution in [0.1, 0.15) is 25.5 Å². The lowest BCUT2D eigenvalue weighted by Crippen LogP contribution is -2.41. The standard InChI is InChI=1S/C19H18F2N3O2/c1-10(15-7-12-9-22-6-5-17(12)24-19(15)26)18(25)23-11(2)14-4-3-13(20)8-16(14)21/h3-11,22H,1-2H3,(H,23,25)(H,24,26)/t10-,11+/m1/s1. The quantitative estimate of drug-likeness (QED) is 0.774. The van der Waals surface area contributed by atoms with E-state index in [1.54, 1.807) is 38.4 Å². The number of carbonyl (C=O) groups is 2. The first kappa shape index (κ1) is 17.8. The van der Waals surface area contributed by atoms with E-state index in [9.17, 15) is 18.4 Å². The lowest BCUT2D eigenvalue weighted by molar-refractivity contribution is -0.126. The van der Waals surface area contributed by atoms with E-state index in [4.69, 9.17) is 0 Å². The molecule has 0 fully saturated rings. The number of carbonyl (C=O) groups excluding carboxylic acids is 2. The summed E-state index contributed by atoms with van der Waals surface area (Å²) in [6, 6.07) is 3.19. The minimum atomic E-state index is -0.741. The maximum Gasteiger partial charge on any atom is 0.249 e. The molecule has 135 valence electrons. The lowest BCUT2D eigenvalue weighted by atomic mass is 9.90. The summed E-state index contributed by atoms with van der Waals surface area (Å²) >= 11 is 0. The molecule has 7 heteroatoms. The molecule has 26 heavy (non-hydrogen) atoms. The molecule has 0 bridgehead atoms. The molecule has 3 rings (SSSR count). The van der Waals surface area contributed by atoms with E-state index in [2.05, 4.69) is 16.0 Å².